The molecule has 0 aliphatic rings. The molecule has 0 aliphatic carbocycles. The van der Waals surface area contributed by atoms with Crippen LogP contribution in [0.4, 0.5) is 0 Å². The van der Waals surface area contributed by atoms with Crippen molar-refractivity contribution in [1.29, 1.82) is 0 Å². The average molecular weight is 349 g/mol. The molecule has 0 radical (unpaired) electrons. The highest BCUT2D eigenvalue weighted by atomic mass is 35.5. The third-order valence-corrected chi connectivity index (χ3v) is 3.90. The van der Waals surface area contributed by atoms with Crippen molar-refractivity contribution in [2.45, 2.75) is 0 Å². The Morgan fingerprint density at radius 2 is 1.60 bits per heavy atom. The molecular weight excluding hydrogens is 332 g/mol. The van der Waals surface area contributed by atoms with E-state index in [4.69, 9.17) is 16.3 Å². The molecular formula is C22H17ClO2. The van der Waals surface area contributed by atoms with Gasteiger partial charge in [-0.2, -0.15) is 0 Å². The highest BCUT2D eigenvalue weighted by molar-refractivity contribution is 6.31. The Morgan fingerprint density at radius 3 is 2.32 bits per heavy atom. The third kappa shape index (κ3) is 4.59. The van der Waals surface area contributed by atoms with Gasteiger partial charge in [-0.1, -0.05) is 78.3 Å². The molecule has 0 saturated carbocycles. The standard InChI is InChI=1S/C22H17ClO2/c23-19-13-14-21(25-15-7-10-17-8-3-1-4-9-17)20(16-19)22(24)18-11-5-2-6-12-18/h1-14,16H,15H2/b10-7+. The molecule has 3 aromatic rings. The van der Waals surface area contributed by atoms with Crippen molar-refractivity contribution in [3.63, 3.8) is 0 Å². The second kappa shape index (κ2) is 8.32. The first-order chi connectivity index (χ1) is 12.2. The lowest BCUT2D eigenvalue weighted by Gasteiger charge is -2.10. The summed E-state index contributed by atoms with van der Waals surface area (Å²) in [5.74, 6) is 0.418. The predicted octanol–water partition coefficient (Wildman–Crippen LogP) is 5.66. The summed E-state index contributed by atoms with van der Waals surface area (Å²) >= 11 is 6.07. The Balaban J connectivity index is 1.75. The van der Waals surface area contributed by atoms with E-state index in [1.807, 2.05) is 60.7 Å². The van der Waals surface area contributed by atoms with Crippen LogP contribution in [0.1, 0.15) is 21.5 Å². The van der Waals surface area contributed by atoms with Crippen LogP contribution >= 0.6 is 11.6 Å². The summed E-state index contributed by atoms with van der Waals surface area (Å²) < 4.78 is 5.79. The molecule has 0 aromatic heterocycles. The number of ether oxygens (including phenoxy) is 1. The summed E-state index contributed by atoms with van der Waals surface area (Å²) in [6.07, 6.45) is 3.90. The van der Waals surface area contributed by atoms with Gasteiger partial charge in [0.15, 0.2) is 5.78 Å². The smallest absolute Gasteiger partial charge is 0.196 e. The first kappa shape index (κ1) is 17.0. The number of hydrogen-bond donors (Lipinski definition) is 0. The van der Waals surface area contributed by atoms with Crippen molar-refractivity contribution in [2.75, 3.05) is 6.61 Å². The van der Waals surface area contributed by atoms with Crippen molar-refractivity contribution in [3.05, 3.63) is 107 Å². The molecule has 0 atom stereocenters. The minimum Gasteiger partial charge on any atom is -0.489 e. The summed E-state index contributed by atoms with van der Waals surface area (Å²) in [6.45, 7) is 0.367. The zero-order valence-electron chi connectivity index (χ0n) is 13.6. The van der Waals surface area contributed by atoms with Gasteiger partial charge >= 0.3 is 0 Å². The van der Waals surface area contributed by atoms with Crippen LogP contribution in [0.2, 0.25) is 5.02 Å². The first-order valence-corrected chi connectivity index (χ1v) is 8.35. The van der Waals surface area contributed by atoms with Gasteiger partial charge in [0.05, 0.1) is 5.56 Å². The van der Waals surface area contributed by atoms with E-state index in [1.165, 1.54) is 0 Å². The van der Waals surface area contributed by atoms with E-state index >= 15 is 0 Å². The average Bonchev–Trinajstić information content (AvgIpc) is 2.67. The van der Waals surface area contributed by atoms with E-state index in [0.29, 0.717) is 28.5 Å². The SMILES string of the molecule is O=C(c1ccccc1)c1cc(Cl)ccc1OC/C=C/c1ccccc1. The van der Waals surface area contributed by atoms with Gasteiger partial charge in [0.1, 0.15) is 12.4 Å². The van der Waals surface area contributed by atoms with E-state index in [9.17, 15) is 4.79 Å². The molecule has 124 valence electrons. The maximum absolute atomic E-state index is 12.7. The predicted molar refractivity (Wildman–Crippen MR) is 102 cm³/mol. The summed E-state index contributed by atoms with van der Waals surface area (Å²) in [5, 5.41) is 0.506. The molecule has 2 nitrogen and oxygen atoms in total. The highest BCUT2D eigenvalue weighted by Crippen LogP contribution is 2.25. The van der Waals surface area contributed by atoms with Gasteiger partial charge in [-0.3, -0.25) is 4.79 Å². The van der Waals surface area contributed by atoms with Gasteiger partial charge in [-0.15, -0.1) is 0 Å². The van der Waals surface area contributed by atoms with E-state index < -0.39 is 0 Å². The Hall–Kier alpha value is -2.84. The first-order valence-electron chi connectivity index (χ1n) is 7.98. The number of hydrogen-bond acceptors (Lipinski definition) is 2. The molecule has 0 heterocycles. The van der Waals surface area contributed by atoms with E-state index in [-0.39, 0.29) is 5.78 Å². The molecule has 0 bridgehead atoms. The summed E-state index contributed by atoms with van der Waals surface area (Å²) in [6, 6.07) is 24.2. The molecule has 0 aliphatic heterocycles. The molecule has 25 heavy (non-hydrogen) atoms. The van der Waals surface area contributed by atoms with E-state index in [1.54, 1.807) is 30.3 Å². The fourth-order valence-electron chi connectivity index (χ4n) is 2.44. The van der Waals surface area contributed by atoms with Crippen molar-refractivity contribution < 1.29 is 9.53 Å². The fourth-order valence-corrected chi connectivity index (χ4v) is 2.61. The van der Waals surface area contributed by atoms with Crippen LogP contribution < -0.4 is 4.74 Å². The lowest BCUT2D eigenvalue weighted by atomic mass is 10.0. The monoisotopic (exact) mass is 348 g/mol. The topological polar surface area (TPSA) is 26.3 Å². The van der Waals surface area contributed by atoms with Gasteiger partial charge in [-0.25, -0.2) is 0 Å². The lowest BCUT2D eigenvalue weighted by Crippen LogP contribution is -2.05. The zero-order chi connectivity index (χ0) is 17.5. The van der Waals surface area contributed by atoms with Crippen molar-refractivity contribution >= 4 is 23.5 Å². The molecule has 0 amide bonds. The van der Waals surface area contributed by atoms with Gasteiger partial charge in [0, 0.05) is 10.6 Å². The Bertz CT molecular complexity index is 871. The molecule has 3 rings (SSSR count). The van der Waals surface area contributed by atoms with Crippen molar-refractivity contribution in [1.82, 2.24) is 0 Å². The zero-order valence-corrected chi connectivity index (χ0v) is 14.3. The second-order valence-corrected chi connectivity index (χ2v) is 5.90. The molecule has 0 saturated heterocycles. The van der Waals surface area contributed by atoms with Crippen LogP contribution in [0.3, 0.4) is 0 Å². The van der Waals surface area contributed by atoms with Crippen LogP contribution in [0.5, 0.6) is 5.75 Å². The molecule has 0 unspecified atom stereocenters. The Kier molecular flexibility index (Phi) is 5.65. The van der Waals surface area contributed by atoms with Crippen LogP contribution in [-0.2, 0) is 0 Å². The lowest BCUT2D eigenvalue weighted by molar-refractivity contribution is 0.103. The minimum atomic E-state index is -0.106. The number of carbonyl (C=O) groups excluding carboxylic acids is 1. The van der Waals surface area contributed by atoms with Crippen LogP contribution in [0.25, 0.3) is 6.08 Å². The summed E-state index contributed by atoms with van der Waals surface area (Å²) in [5.41, 5.74) is 2.17. The summed E-state index contributed by atoms with van der Waals surface area (Å²) in [4.78, 5) is 12.7. The molecule has 0 spiro atoms. The second-order valence-electron chi connectivity index (χ2n) is 5.46. The maximum Gasteiger partial charge on any atom is 0.196 e. The van der Waals surface area contributed by atoms with Crippen LogP contribution in [0, 0.1) is 0 Å². The molecule has 0 N–H and O–H groups in total. The Labute approximate surface area is 152 Å². The van der Waals surface area contributed by atoms with E-state index in [0.717, 1.165) is 5.56 Å². The normalized spacial score (nSPS) is 10.8. The highest BCUT2D eigenvalue weighted by Gasteiger charge is 2.15. The maximum atomic E-state index is 12.7. The fraction of sp³-hybridized carbons (Fsp3) is 0.0455. The van der Waals surface area contributed by atoms with Gasteiger partial charge in [0.2, 0.25) is 0 Å². The number of benzene rings is 3. The number of carbonyl (C=O) groups is 1. The molecule has 3 heteroatoms. The summed E-state index contributed by atoms with van der Waals surface area (Å²) in [7, 11) is 0. The van der Waals surface area contributed by atoms with Crippen molar-refractivity contribution in [3.8, 4) is 5.75 Å². The van der Waals surface area contributed by atoms with E-state index in [2.05, 4.69) is 0 Å². The van der Waals surface area contributed by atoms with Gasteiger partial charge < -0.3 is 4.74 Å². The minimum absolute atomic E-state index is 0.106. The number of rotatable bonds is 6. The third-order valence-electron chi connectivity index (χ3n) is 3.67. The van der Waals surface area contributed by atoms with Crippen LogP contribution in [-0.4, -0.2) is 12.4 Å². The molecule has 3 aromatic carbocycles. The Morgan fingerprint density at radius 1 is 0.920 bits per heavy atom. The number of ketones is 1. The van der Waals surface area contributed by atoms with Crippen molar-refractivity contribution in [2.24, 2.45) is 0 Å². The number of halogens is 1. The van der Waals surface area contributed by atoms with Gasteiger partial charge in [-0.05, 0) is 29.8 Å². The largest absolute Gasteiger partial charge is 0.489 e. The van der Waals surface area contributed by atoms with Gasteiger partial charge in [0.25, 0.3) is 0 Å². The molecule has 0 fully saturated rings. The van der Waals surface area contributed by atoms with Crippen LogP contribution in [0.15, 0.2) is 84.9 Å². The quantitative estimate of drug-likeness (QED) is 0.537.